The van der Waals surface area contributed by atoms with Gasteiger partial charge in [0, 0.05) is 0 Å². The zero-order chi connectivity index (χ0) is 8.41. The minimum Gasteiger partial charge on any atom is -0.726 e. The molecule has 0 saturated carbocycles. The summed E-state index contributed by atoms with van der Waals surface area (Å²) in [5, 5.41) is 0. The van der Waals surface area contributed by atoms with Crippen LogP contribution < -0.4 is 6.15 Å². The van der Waals surface area contributed by atoms with Crippen molar-refractivity contribution in [2.45, 2.75) is 32.8 Å². The zero-order valence-electron chi connectivity index (χ0n) is 7.25. The van der Waals surface area contributed by atoms with Crippen molar-refractivity contribution < 1.29 is 17.2 Å². The molecule has 0 aliphatic heterocycles. The van der Waals surface area contributed by atoms with Crippen molar-refractivity contribution in [3.63, 3.8) is 0 Å². The highest BCUT2D eigenvalue weighted by molar-refractivity contribution is 7.80. The molecule has 70 valence electrons. The van der Waals surface area contributed by atoms with Crippen molar-refractivity contribution in [2.75, 3.05) is 0 Å². The standard InChI is InChI=1S/C5H12O4S.H3N/c1-4-5(2,3)9-10(6,7)8;/h4H2,1-3H3,(H,6,7,8);1H3. The highest BCUT2D eigenvalue weighted by Crippen LogP contribution is 2.15. The molecule has 4 N–H and O–H groups in total. The largest absolute Gasteiger partial charge is 0.726 e. The van der Waals surface area contributed by atoms with E-state index >= 15 is 0 Å². The van der Waals surface area contributed by atoms with E-state index in [4.69, 9.17) is 0 Å². The van der Waals surface area contributed by atoms with Gasteiger partial charge in [0.1, 0.15) is 0 Å². The second-order valence-corrected chi connectivity index (χ2v) is 3.59. The fourth-order valence-corrected chi connectivity index (χ4v) is 1.01. The molecule has 0 aliphatic rings. The van der Waals surface area contributed by atoms with E-state index in [0.29, 0.717) is 6.42 Å². The Hall–Kier alpha value is -0.170. The molecule has 0 rings (SSSR count). The van der Waals surface area contributed by atoms with Crippen molar-refractivity contribution in [2.24, 2.45) is 0 Å². The summed E-state index contributed by atoms with van der Waals surface area (Å²) in [5.74, 6) is 0. The third kappa shape index (κ3) is 7.73. The van der Waals surface area contributed by atoms with E-state index in [1.54, 1.807) is 20.8 Å². The van der Waals surface area contributed by atoms with Crippen molar-refractivity contribution in [1.29, 1.82) is 0 Å². The van der Waals surface area contributed by atoms with Gasteiger partial charge in [0.05, 0.1) is 5.60 Å². The first-order chi connectivity index (χ1) is 4.27. The summed E-state index contributed by atoms with van der Waals surface area (Å²) in [4.78, 5) is 0. The lowest BCUT2D eigenvalue weighted by Crippen LogP contribution is -2.26. The molecule has 6 heteroatoms. The Balaban J connectivity index is 0. The topological polar surface area (TPSA) is 103 Å². The second-order valence-electron chi connectivity index (χ2n) is 2.60. The first-order valence-electron chi connectivity index (χ1n) is 2.93. The van der Waals surface area contributed by atoms with Crippen LogP contribution in [0.4, 0.5) is 0 Å². The van der Waals surface area contributed by atoms with Crippen molar-refractivity contribution in [3.05, 3.63) is 0 Å². The van der Waals surface area contributed by atoms with Crippen LogP contribution in [0, 0.1) is 0 Å². The van der Waals surface area contributed by atoms with Gasteiger partial charge >= 0.3 is 0 Å². The van der Waals surface area contributed by atoms with E-state index in [-0.39, 0.29) is 6.15 Å². The lowest BCUT2D eigenvalue weighted by Gasteiger charge is -2.23. The van der Waals surface area contributed by atoms with Gasteiger partial charge in [-0.3, -0.25) is 4.18 Å². The summed E-state index contributed by atoms with van der Waals surface area (Å²) in [6, 6.07) is 0. The average Bonchev–Trinajstić information content (AvgIpc) is 1.60. The van der Waals surface area contributed by atoms with Crippen LogP contribution in [0.3, 0.4) is 0 Å². The molecule has 0 aromatic carbocycles. The van der Waals surface area contributed by atoms with Gasteiger partial charge in [-0.05, 0) is 20.3 Å². The van der Waals surface area contributed by atoms with Gasteiger partial charge in [-0.2, -0.15) is 0 Å². The maximum Gasteiger partial charge on any atom is 0.218 e. The second kappa shape index (κ2) is 4.01. The number of quaternary nitrogens is 1. The fraction of sp³-hybridized carbons (Fsp3) is 1.00. The Morgan fingerprint density at radius 2 is 1.82 bits per heavy atom. The van der Waals surface area contributed by atoms with E-state index in [2.05, 4.69) is 4.18 Å². The summed E-state index contributed by atoms with van der Waals surface area (Å²) in [6.45, 7) is 4.83. The maximum atomic E-state index is 10.0. The van der Waals surface area contributed by atoms with Gasteiger partial charge in [0.15, 0.2) is 0 Å². The molecule has 0 atom stereocenters. The van der Waals surface area contributed by atoms with Crippen molar-refractivity contribution >= 4 is 10.4 Å². The SMILES string of the molecule is CCC(C)(C)OS(=O)(=O)[O-].[NH4+]. The summed E-state index contributed by atoms with van der Waals surface area (Å²) >= 11 is 0. The Morgan fingerprint density at radius 1 is 1.45 bits per heavy atom. The highest BCUT2D eigenvalue weighted by Gasteiger charge is 2.18. The Kier molecular flexibility index (Phi) is 4.89. The first kappa shape index (κ1) is 13.4. The van der Waals surface area contributed by atoms with E-state index < -0.39 is 16.0 Å². The van der Waals surface area contributed by atoms with Gasteiger partial charge in [0.25, 0.3) is 0 Å². The minimum atomic E-state index is -4.54. The molecule has 0 aromatic heterocycles. The average molecular weight is 185 g/mol. The first-order valence-corrected chi connectivity index (χ1v) is 4.26. The van der Waals surface area contributed by atoms with E-state index in [0.717, 1.165) is 0 Å². The van der Waals surface area contributed by atoms with Gasteiger partial charge in [0.2, 0.25) is 10.4 Å². The van der Waals surface area contributed by atoms with Crippen LogP contribution in [-0.2, 0) is 14.6 Å². The lowest BCUT2D eigenvalue weighted by atomic mass is 10.1. The Bertz CT molecular complexity index is 197. The van der Waals surface area contributed by atoms with Crippen LogP contribution in [0.25, 0.3) is 0 Å². The molecule has 0 amide bonds. The third-order valence-electron chi connectivity index (χ3n) is 1.18. The molecule has 0 bridgehead atoms. The smallest absolute Gasteiger partial charge is 0.218 e. The molecule has 11 heavy (non-hydrogen) atoms. The normalized spacial score (nSPS) is 12.4. The monoisotopic (exact) mass is 185 g/mol. The van der Waals surface area contributed by atoms with Gasteiger partial charge in [-0.15, -0.1) is 0 Å². The van der Waals surface area contributed by atoms with E-state index in [1.165, 1.54) is 0 Å². The number of hydrogen-bond acceptors (Lipinski definition) is 4. The molecule has 0 fully saturated rings. The number of rotatable bonds is 3. The summed E-state index contributed by atoms with van der Waals surface area (Å²) in [7, 11) is -4.54. The van der Waals surface area contributed by atoms with E-state index in [1.807, 2.05) is 0 Å². The molecule has 0 aliphatic carbocycles. The van der Waals surface area contributed by atoms with E-state index in [9.17, 15) is 13.0 Å². The quantitative estimate of drug-likeness (QED) is 0.523. The molecule has 0 aromatic rings. The van der Waals surface area contributed by atoms with Crippen LogP contribution in [-0.4, -0.2) is 18.6 Å². The molecule has 5 nitrogen and oxygen atoms in total. The lowest BCUT2D eigenvalue weighted by molar-refractivity contribution is 0.0937. The minimum absolute atomic E-state index is 0. The predicted octanol–water partition coefficient (Wildman–Crippen LogP) is 1.03. The molecule has 0 radical (unpaired) electrons. The summed E-state index contributed by atoms with van der Waals surface area (Å²) < 4.78 is 34.3. The third-order valence-corrected chi connectivity index (χ3v) is 1.83. The summed E-state index contributed by atoms with van der Waals surface area (Å²) in [5.41, 5.74) is -0.874. The fourth-order valence-electron chi connectivity index (χ4n) is 0.335. The van der Waals surface area contributed by atoms with Crippen LogP contribution in [0.1, 0.15) is 27.2 Å². The highest BCUT2D eigenvalue weighted by atomic mass is 32.3. The van der Waals surface area contributed by atoms with Gasteiger partial charge in [-0.25, -0.2) is 8.42 Å². The molecule has 0 spiro atoms. The summed E-state index contributed by atoms with van der Waals surface area (Å²) in [6.07, 6.45) is 0.481. The predicted molar refractivity (Wildman–Crippen MR) is 41.1 cm³/mol. The van der Waals surface area contributed by atoms with Crippen molar-refractivity contribution in [3.8, 4) is 0 Å². The molecular weight excluding hydrogens is 170 g/mol. The van der Waals surface area contributed by atoms with Gasteiger partial charge in [-0.1, -0.05) is 6.92 Å². The Labute approximate surface area is 67.3 Å². The maximum absolute atomic E-state index is 10.0. The Morgan fingerprint density at radius 3 is 1.91 bits per heavy atom. The zero-order valence-corrected chi connectivity index (χ0v) is 8.06. The molecule has 0 saturated heterocycles. The van der Waals surface area contributed by atoms with Gasteiger partial charge < -0.3 is 10.7 Å². The van der Waals surface area contributed by atoms with Crippen LogP contribution in [0.15, 0.2) is 0 Å². The van der Waals surface area contributed by atoms with Crippen LogP contribution in [0.2, 0.25) is 0 Å². The number of hydrogen-bond donors (Lipinski definition) is 1. The molecule has 0 unspecified atom stereocenters. The van der Waals surface area contributed by atoms with Crippen LogP contribution >= 0.6 is 0 Å². The van der Waals surface area contributed by atoms with Crippen molar-refractivity contribution in [1.82, 2.24) is 6.15 Å². The molecular formula is C5H15NO4S. The molecule has 0 heterocycles. The van der Waals surface area contributed by atoms with Crippen LogP contribution in [0.5, 0.6) is 0 Å².